The number of carboxylic acids is 1. The average Bonchev–Trinajstić information content (AvgIpc) is 2.59. The average molecular weight is 299 g/mol. The van der Waals surface area contributed by atoms with Gasteiger partial charge in [0.05, 0.1) is 5.92 Å². The molecular formula is C12H15BrN2O2. The number of aromatic nitrogens is 1. The number of pyridine rings is 1. The van der Waals surface area contributed by atoms with Crippen LogP contribution in [-0.2, 0) is 11.3 Å². The van der Waals surface area contributed by atoms with Gasteiger partial charge >= 0.3 is 5.97 Å². The Bertz CT molecular complexity index is 425. The fourth-order valence-electron chi connectivity index (χ4n) is 2.32. The Kier molecular flexibility index (Phi) is 3.79. The predicted molar refractivity (Wildman–Crippen MR) is 67.5 cm³/mol. The van der Waals surface area contributed by atoms with E-state index in [4.69, 9.17) is 5.11 Å². The largest absolute Gasteiger partial charge is 0.481 e. The van der Waals surface area contributed by atoms with Gasteiger partial charge in [0.2, 0.25) is 0 Å². The molecule has 2 unspecified atom stereocenters. The number of nitrogens with zero attached hydrogens (tertiary/aromatic N) is 2. The lowest BCUT2D eigenvalue weighted by Crippen LogP contribution is -2.23. The van der Waals surface area contributed by atoms with Gasteiger partial charge < -0.3 is 5.11 Å². The molecule has 2 atom stereocenters. The normalized spacial score (nSPS) is 25.1. The van der Waals surface area contributed by atoms with Crippen molar-refractivity contribution in [3.05, 3.63) is 28.5 Å². The van der Waals surface area contributed by atoms with Gasteiger partial charge in [-0.25, -0.2) is 0 Å². The van der Waals surface area contributed by atoms with Crippen LogP contribution in [0.1, 0.15) is 12.5 Å². The highest BCUT2D eigenvalue weighted by Gasteiger charge is 2.34. The number of carboxylic acid groups (broad SMARTS) is 1. The summed E-state index contributed by atoms with van der Waals surface area (Å²) >= 11 is 3.38. The number of hydrogen-bond acceptors (Lipinski definition) is 3. The van der Waals surface area contributed by atoms with Crippen LogP contribution in [-0.4, -0.2) is 34.0 Å². The Morgan fingerprint density at radius 2 is 2.35 bits per heavy atom. The molecule has 0 amide bonds. The summed E-state index contributed by atoms with van der Waals surface area (Å²) in [5.41, 5.74) is 1.11. The van der Waals surface area contributed by atoms with Crippen molar-refractivity contribution in [3.63, 3.8) is 0 Å². The second-order valence-electron chi connectivity index (χ2n) is 4.63. The zero-order chi connectivity index (χ0) is 12.4. The maximum Gasteiger partial charge on any atom is 0.308 e. The van der Waals surface area contributed by atoms with Gasteiger partial charge in [0.1, 0.15) is 0 Å². The van der Waals surface area contributed by atoms with Gasteiger partial charge in [-0.15, -0.1) is 0 Å². The number of carbonyl (C=O) groups is 1. The van der Waals surface area contributed by atoms with Crippen LogP contribution in [0.25, 0.3) is 0 Å². The van der Waals surface area contributed by atoms with Crippen molar-refractivity contribution in [1.82, 2.24) is 9.88 Å². The molecule has 0 bridgehead atoms. The summed E-state index contributed by atoms with van der Waals surface area (Å²) < 4.78 is 0.956. The highest BCUT2D eigenvalue weighted by molar-refractivity contribution is 9.10. The highest BCUT2D eigenvalue weighted by atomic mass is 79.9. The van der Waals surface area contributed by atoms with Crippen molar-refractivity contribution in [2.45, 2.75) is 13.5 Å². The van der Waals surface area contributed by atoms with Gasteiger partial charge in [-0.1, -0.05) is 6.92 Å². The molecule has 0 saturated carbocycles. The molecule has 2 heterocycles. The van der Waals surface area contributed by atoms with E-state index in [1.165, 1.54) is 0 Å². The molecule has 1 aromatic rings. The topological polar surface area (TPSA) is 53.4 Å². The van der Waals surface area contributed by atoms with Gasteiger partial charge in [0.15, 0.2) is 0 Å². The number of aliphatic carboxylic acids is 1. The number of hydrogen-bond donors (Lipinski definition) is 1. The number of likely N-dealkylation sites (tertiary alicyclic amines) is 1. The lowest BCUT2D eigenvalue weighted by Gasteiger charge is -2.14. The van der Waals surface area contributed by atoms with Crippen LogP contribution in [0, 0.1) is 11.8 Å². The maximum atomic E-state index is 11.0. The molecule has 0 spiro atoms. The Hall–Kier alpha value is -0.940. The minimum Gasteiger partial charge on any atom is -0.481 e. The summed E-state index contributed by atoms with van der Waals surface area (Å²) in [5, 5.41) is 9.07. The Morgan fingerprint density at radius 3 is 2.94 bits per heavy atom. The maximum absolute atomic E-state index is 11.0. The first kappa shape index (κ1) is 12.5. The van der Waals surface area contributed by atoms with E-state index >= 15 is 0 Å². The molecule has 0 aliphatic carbocycles. The second kappa shape index (κ2) is 5.14. The first-order valence-electron chi connectivity index (χ1n) is 5.61. The molecule has 0 radical (unpaired) electrons. The van der Waals surface area contributed by atoms with Crippen molar-refractivity contribution in [1.29, 1.82) is 0 Å². The van der Waals surface area contributed by atoms with E-state index in [0.29, 0.717) is 6.54 Å². The zero-order valence-corrected chi connectivity index (χ0v) is 11.2. The number of halogens is 1. The minimum absolute atomic E-state index is 0.215. The predicted octanol–water partition coefficient (Wildman–Crippen LogP) is 2.00. The molecule has 1 fully saturated rings. The summed E-state index contributed by atoms with van der Waals surface area (Å²) in [7, 11) is 0. The van der Waals surface area contributed by atoms with E-state index in [1.54, 1.807) is 6.20 Å². The van der Waals surface area contributed by atoms with E-state index in [2.05, 4.69) is 25.8 Å². The van der Waals surface area contributed by atoms with Crippen LogP contribution in [0.4, 0.5) is 0 Å². The van der Waals surface area contributed by atoms with Gasteiger partial charge in [0.25, 0.3) is 0 Å². The quantitative estimate of drug-likeness (QED) is 0.927. The van der Waals surface area contributed by atoms with Gasteiger partial charge in [-0.05, 0) is 33.5 Å². The highest BCUT2D eigenvalue weighted by Crippen LogP contribution is 2.24. The monoisotopic (exact) mass is 298 g/mol. The lowest BCUT2D eigenvalue weighted by molar-refractivity contribution is -0.142. The van der Waals surface area contributed by atoms with E-state index in [9.17, 15) is 4.79 Å². The summed E-state index contributed by atoms with van der Waals surface area (Å²) in [5.74, 6) is -0.713. The molecule has 1 aromatic heterocycles. The molecule has 1 saturated heterocycles. The molecule has 5 heteroatoms. The summed E-state index contributed by atoms with van der Waals surface area (Å²) in [6.07, 6.45) is 3.57. The van der Waals surface area contributed by atoms with E-state index < -0.39 is 5.97 Å². The Morgan fingerprint density at radius 1 is 1.59 bits per heavy atom. The summed E-state index contributed by atoms with van der Waals surface area (Å²) in [4.78, 5) is 17.3. The molecule has 17 heavy (non-hydrogen) atoms. The summed E-state index contributed by atoms with van der Waals surface area (Å²) in [6.45, 7) is 4.23. The standard InChI is InChI=1S/C12H15BrN2O2/c1-8-5-15(7-11(8)12(16)17)6-9-2-10(13)4-14-3-9/h2-4,8,11H,5-7H2,1H3,(H,16,17). The lowest BCUT2D eigenvalue weighted by atomic mass is 9.99. The van der Waals surface area contributed by atoms with Crippen LogP contribution in [0.2, 0.25) is 0 Å². The molecule has 0 aromatic carbocycles. The summed E-state index contributed by atoms with van der Waals surface area (Å²) in [6, 6.07) is 2.02. The first-order chi connectivity index (χ1) is 8.06. The minimum atomic E-state index is -0.688. The van der Waals surface area contributed by atoms with Crippen LogP contribution in [0.5, 0.6) is 0 Å². The van der Waals surface area contributed by atoms with Gasteiger partial charge in [-0.3, -0.25) is 14.7 Å². The molecular weight excluding hydrogens is 284 g/mol. The Balaban J connectivity index is 2.00. The molecule has 92 valence electrons. The van der Waals surface area contributed by atoms with Crippen molar-refractivity contribution < 1.29 is 9.90 Å². The third-order valence-electron chi connectivity index (χ3n) is 3.17. The molecule has 1 N–H and O–H groups in total. The van der Waals surface area contributed by atoms with Crippen LogP contribution in [0.3, 0.4) is 0 Å². The zero-order valence-electron chi connectivity index (χ0n) is 9.64. The Labute approximate surface area is 109 Å². The molecule has 1 aliphatic heterocycles. The molecule has 2 rings (SSSR count). The second-order valence-corrected chi connectivity index (χ2v) is 5.54. The first-order valence-corrected chi connectivity index (χ1v) is 6.40. The van der Waals surface area contributed by atoms with Crippen LogP contribution in [0.15, 0.2) is 22.9 Å². The third-order valence-corrected chi connectivity index (χ3v) is 3.61. The van der Waals surface area contributed by atoms with Gasteiger partial charge in [-0.2, -0.15) is 0 Å². The van der Waals surface area contributed by atoms with E-state index in [1.807, 2.05) is 19.2 Å². The smallest absolute Gasteiger partial charge is 0.308 e. The van der Waals surface area contributed by atoms with E-state index in [-0.39, 0.29) is 11.8 Å². The molecule has 4 nitrogen and oxygen atoms in total. The van der Waals surface area contributed by atoms with Crippen molar-refractivity contribution in [3.8, 4) is 0 Å². The van der Waals surface area contributed by atoms with Gasteiger partial charge in [0, 0.05) is 36.5 Å². The fraction of sp³-hybridized carbons (Fsp3) is 0.500. The van der Waals surface area contributed by atoms with E-state index in [0.717, 1.165) is 23.1 Å². The third kappa shape index (κ3) is 3.04. The van der Waals surface area contributed by atoms with Crippen molar-refractivity contribution >= 4 is 21.9 Å². The van der Waals surface area contributed by atoms with Crippen LogP contribution < -0.4 is 0 Å². The number of rotatable bonds is 3. The molecule has 1 aliphatic rings. The van der Waals surface area contributed by atoms with Crippen molar-refractivity contribution in [2.75, 3.05) is 13.1 Å². The SMILES string of the molecule is CC1CN(Cc2cncc(Br)c2)CC1C(=O)O. The van der Waals surface area contributed by atoms with Crippen molar-refractivity contribution in [2.24, 2.45) is 11.8 Å². The van der Waals surface area contributed by atoms with Crippen LogP contribution >= 0.6 is 15.9 Å². The fourth-order valence-corrected chi connectivity index (χ4v) is 2.73.